The fourth-order valence-corrected chi connectivity index (χ4v) is 2.68. The van der Waals surface area contributed by atoms with Gasteiger partial charge in [0.05, 0.1) is 12.3 Å². The van der Waals surface area contributed by atoms with E-state index in [0.29, 0.717) is 0 Å². The van der Waals surface area contributed by atoms with Crippen molar-refractivity contribution in [1.82, 2.24) is 5.32 Å². The summed E-state index contributed by atoms with van der Waals surface area (Å²) >= 11 is 0. The van der Waals surface area contributed by atoms with E-state index in [9.17, 15) is 0 Å². The molecule has 0 spiro atoms. The van der Waals surface area contributed by atoms with Crippen LogP contribution in [0, 0.1) is 0 Å². The smallest absolute Gasteiger partial charge is 0.123 e. The first-order valence-corrected chi connectivity index (χ1v) is 7.11. The number of rotatable bonds is 4. The van der Waals surface area contributed by atoms with Gasteiger partial charge in [-0.1, -0.05) is 12.1 Å². The first kappa shape index (κ1) is 13.3. The minimum absolute atomic E-state index is 0.0736. The summed E-state index contributed by atoms with van der Waals surface area (Å²) in [6.07, 6.45) is 2.69. The van der Waals surface area contributed by atoms with Crippen molar-refractivity contribution in [3.8, 4) is 5.75 Å². The molecule has 1 atom stereocenters. The third-order valence-electron chi connectivity index (χ3n) is 3.71. The molecule has 3 nitrogen and oxygen atoms in total. The highest BCUT2D eigenvalue weighted by atomic mass is 16.5. The topological polar surface area (TPSA) is 34.4 Å². The average Bonchev–Trinajstić information content (AvgIpc) is 3.00. The molecule has 0 fully saturated rings. The molecule has 1 aromatic heterocycles. The molecular weight excluding hydrogens is 250 g/mol. The Morgan fingerprint density at radius 2 is 2.15 bits per heavy atom. The number of fused-ring (bicyclic) bond motifs is 1. The zero-order chi connectivity index (χ0) is 14.2. The molecule has 1 N–H and O–H groups in total. The van der Waals surface area contributed by atoms with E-state index < -0.39 is 0 Å². The Hall–Kier alpha value is -1.74. The van der Waals surface area contributed by atoms with E-state index >= 15 is 0 Å². The van der Waals surface area contributed by atoms with Gasteiger partial charge in [0.2, 0.25) is 0 Å². The summed E-state index contributed by atoms with van der Waals surface area (Å²) in [5.74, 6) is 1.99. The van der Waals surface area contributed by atoms with E-state index in [2.05, 4.69) is 44.3 Å². The Balaban J connectivity index is 1.65. The van der Waals surface area contributed by atoms with Crippen LogP contribution in [-0.2, 0) is 13.0 Å². The summed E-state index contributed by atoms with van der Waals surface area (Å²) in [6.45, 7) is 7.20. The van der Waals surface area contributed by atoms with Crippen LogP contribution < -0.4 is 10.1 Å². The maximum Gasteiger partial charge on any atom is 0.123 e. The molecule has 0 unspecified atom stereocenters. The van der Waals surface area contributed by atoms with Gasteiger partial charge in [0, 0.05) is 13.0 Å². The van der Waals surface area contributed by atoms with Gasteiger partial charge >= 0.3 is 0 Å². The average molecular weight is 271 g/mol. The van der Waals surface area contributed by atoms with E-state index in [1.807, 2.05) is 12.1 Å². The standard InChI is InChI=1S/C17H21NO2/c1-12(15-5-4-8-19-15)18-11-13-6-7-16-14(9-13)10-17(2,3)20-16/h4-9,12,18H,10-11H2,1-3H3/t12-/m1/s1. The first-order valence-electron chi connectivity index (χ1n) is 7.11. The number of hydrogen-bond donors (Lipinski definition) is 1. The highest BCUT2D eigenvalue weighted by molar-refractivity contribution is 5.41. The maximum atomic E-state index is 5.90. The molecule has 20 heavy (non-hydrogen) atoms. The summed E-state index contributed by atoms with van der Waals surface area (Å²) in [4.78, 5) is 0. The normalized spacial score (nSPS) is 17.6. The molecule has 3 rings (SSSR count). The summed E-state index contributed by atoms with van der Waals surface area (Å²) < 4.78 is 11.3. The Morgan fingerprint density at radius 3 is 2.90 bits per heavy atom. The van der Waals surface area contributed by atoms with Crippen LogP contribution in [0.3, 0.4) is 0 Å². The Bertz CT molecular complexity index is 587. The number of nitrogens with one attached hydrogen (secondary N) is 1. The van der Waals surface area contributed by atoms with Crippen molar-refractivity contribution in [1.29, 1.82) is 0 Å². The lowest BCUT2D eigenvalue weighted by atomic mass is 10.00. The van der Waals surface area contributed by atoms with E-state index in [1.165, 1.54) is 11.1 Å². The second-order valence-electron chi connectivity index (χ2n) is 6.10. The zero-order valence-corrected chi connectivity index (χ0v) is 12.3. The fraction of sp³-hybridized carbons (Fsp3) is 0.412. The van der Waals surface area contributed by atoms with Gasteiger partial charge < -0.3 is 14.5 Å². The largest absolute Gasteiger partial charge is 0.487 e. The molecule has 1 aromatic carbocycles. The van der Waals surface area contributed by atoms with Crippen LogP contribution >= 0.6 is 0 Å². The van der Waals surface area contributed by atoms with E-state index in [0.717, 1.165) is 24.5 Å². The summed E-state index contributed by atoms with van der Waals surface area (Å²) in [5, 5.41) is 3.48. The van der Waals surface area contributed by atoms with Crippen LogP contribution in [0.1, 0.15) is 43.7 Å². The third-order valence-corrected chi connectivity index (χ3v) is 3.71. The van der Waals surface area contributed by atoms with Crippen LogP contribution in [0.2, 0.25) is 0 Å². The van der Waals surface area contributed by atoms with Gasteiger partial charge in [0.1, 0.15) is 17.1 Å². The van der Waals surface area contributed by atoms with Gasteiger partial charge in [-0.3, -0.25) is 0 Å². The first-order chi connectivity index (χ1) is 9.53. The molecule has 2 aromatic rings. The highest BCUT2D eigenvalue weighted by Crippen LogP contribution is 2.35. The molecule has 3 heteroatoms. The van der Waals surface area contributed by atoms with Crippen molar-refractivity contribution in [2.75, 3.05) is 0 Å². The van der Waals surface area contributed by atoms with Crippen LogP contribution in [0.5, 0.6) is 5.75 Å². The van der Waals surface area contributed by atoms with Gasteiger partial charge in [-0.25, -0.2) is 0 Å². The number of furan rings is 1. The molecule has 106 valence electrons. The molecular formula is C17H21NO2. The maximum absolute atomic E-state index is 5.90. The lowest BCUT2D eigenvalue weighted by Gasteiger charge is -2.16. The minimum atomic E-state index is -0.0736. The Labute approximate surface area is 119 Å². The fourth-order valence-electron chi connectivity index (χ4n) is 2.68. The van der Waals surface area contributed by atoms with Gasteiger partial charge in [0.15, 0.2) is 0 Å². The van der Waals surface area contributed by atoms with Gasteiger partial charge in [0.25, 0.3) is 0 Å². The monoisotopic (exact) mass is 271 g/mol. The Kier molecular flexibility index (Phi) is 3.30. The lowest BCUT2D eigenvalue weighted by Crippen LogP contribution is -2.24. The zero-order valence-electron chi connectivity index (χ0n) is 12.3. The van der Waals surface area contributed by atoms with E-state index in [4.69, 9.17) is 9.15 Å². The van der Waals surface area contributed by atoms with Crippen molar-refractivity contribution in [2.24, 2.45) is 0 Å². The van der Waals surface area contributed by atoms with Crippen LogP contribution in [0.4, 0.5) is 0 Å². The van der Waals surface area contributed by atoms with Crippen molar-refractivity contribution >= 4 is 0 Å². The van der Waals surface area contributed by atoms with Gasteiger partial charge in [-0.15, -0.1) is 0 Å². The second kappa shape index (κ2) is 4.98. The van der Waals surface area contributed by atoms with Gasteiger partial charge in [-0.2, -0.15) is 0 Å². The number of ether oxygens (including phenoxy) is 1. The molecule has 0 bridgehead atoms. The van der Waals surface area contributed by atoms with Gasteiger partial charge in [-0.05, 0) is 50.1 Å². The number of hydrogen-bond acceptors (Lipinski definition) is 3. The lowest BCUT2D eigenvalue weighted by molar-refractivity contribution is 0.138. The Morgan fingerprint density at radius 1 is 1.30 bits per heavy atom. The van der Waals surface area contributed by atoms with Crippen LogP contribution in [-0.4, -0.2) is 5.60 Å². The second-order valence-corrected chi connectivity index (χ2v) is 6.10. The molecule has 1 aliphatic rings. The van der Waals surface area contributed by atoms with Crippen molar-refractivity contribution < 1.29 is 9.15 Å². The molecule has 2 heterocycles. The molecule has 0 saturated heterocycles. The van der Waals surface area contributed by atoms with Crippen molar-refractivity contribution in [3.05, 3.63) is 53.5 Å². The number of benzene rings is 1. The summed E-state index contributed by atoms with van der Waals surface area (Å²) in [7, 11) is 0. The third kappa shape index (κ3) is 2.73. The molecule has 0 saturated carbocycles. The predicted octanol–water partition coefficient (Wildman–Crippen LogP) is 3.84. The van der Waals surface area contributed by atoms with E-state index in [-0.39, 0.29) is 11.6 Å². The molecule has 0 amide bonds. The van der Waals surface area contributed by atoms with Crippen LogP contribution in [0.25, 0.3) is 0 Å². The molecule has 1 aliphatic heterocycles. The van der Waals surface area contributed by atoms with Crippen molar-refractivity contribution in [2.45, 2.75) is 45.4 Å². The quantitative estimate of drug-likeness (QED) is 0.917. The van der Waals surface area contributed by atoms with Crippen LogP contribution in [0.15, 0.2) is 41.0 Å². The van der Waals surface area contributed by atoms with Crippen molar-refractivity contribution in [3.63, 3.8) is 0 Å². The summed E-state index contributed by atoms with van der Waals surface area (Å²) in [6, 6.07) is 10.6. The molecule has 0 aliphatic carbocycles. The SMILES string of the molecule is C[C@@H](NCc1ccc2c(c1)CC(C)(C)O2)c1ccco1. The minimum Gasteiger partial charge on any atom is -0.487 e. The molecule has 0 radical (unpaired) electrons. The predicted molar refractivity (Wildman–Crippen MR) is 78.8 cm³/mol. The van der Waals surface area contributed by atoms with E-state index in [1.54, 1.807) is 6.26 Å². The summed E-state index contributed by atoms with van der Waals surface area (Å²) in [5.41, 5.74) is 2.51. The highest BCUT2D eigenvalue weighted by Gasteiger charge is 2.29.